The number of hydrogen-bond donors (Lipinski definition) is 5. The van der Waals surface area contributed by atoms with Gasteiger partial charge in [-0.1, -0.05) is 12.1 Å². The van der Waals surface area contributed by atoms with Gasteiger partial charge in [-0.05, 0) is 18.6 Å². The van der Waals surface area contributed by atoms with Gasteiger partial charge in [0.15, 0.2) is 6.29 Å². The second-order valence-corrected chi connectivity index (χ2v) is 7.57. The number of rotatable bonds is 8. The first-order valence-electron chi connectivity index (χ1n) is 9.18. The van der Waals surface area contributed by atoms with Gasteiger partial charge < -0.3 is 35.2 Å². The molecule has 0 amide bonds. The molecule has 5 unspecified atom stereocenters. The number of ether oxygens (including phenoxy) is 2. The molecule has 1 aromatic carbocycles. The summed E-state index contributed by atoms with van der Waals surface area (Å²) in [6.45, 7) is -0.186. The van der Waals surface area contributed by atoms with E-state index in [9.17, 15) is 20.4 Å². The molecule has 3 rings (SSSR count). The Bertz CT molecular complexity index is 756. The molecule has 2 aromatic rings. The zero-order valence-electron chi connectivity index (χ0n) is 15.6. The van der Waals surface area contributed by atoms with Crippen LogP contribution in [-0.2, 0) is 15.9 Å². The zero-order valence-corrected chi connectivity index (χ0v) is 16.4. The second-order valence-electron chi connectivity index (χ2n) is 6.63. The molecule has 9 heteroatoms. The minimum atomic E-state index is -1.43. The molecule has 154 valence electrons. The van der Waals surface area contributed by atoms with Crippen molar-refractivity contribution >= 4 is 17.0 Å². The lowest BCUT2D eigenvalue weighted by Gasteiger charge is -2.39. The molecule has 0 saturated carbocycles. The average Bonchev–Trinajstić information content (AvgIpc) is 3.20. The third-order valence-corrected chi connectivity index (χ3v) is 5.57. The minimum absolute atomic E-state index is 0.285. The monoisotopic (exact) mass is 410 g/mol. The summed E-state index contributed by atoms with van der Waals surface area (Å²) < 4.78 is 10.8. The van der Waals surface area contributed by atoms with Gasteiger partial charge in [-0.25, -0.2) is 4.98 Å². The van der Waals surface area contributed by atoms with Gasteiger partial charge in [0.2, 0.25) is 0 Å². The molecule has 2 heterocycles. The summed E-state index contributed by atoms with van der Waals surface area (Å²) in [5.74, 6) is 0. The molecule has 1 aromatic heterocycles. The Morgan fingerprint density at radius 1 is 1.21 bits per heavy atom. The molecule has 5 N–H and O–H groups in total. The van der Waals surface area contributed by atoms with Crippen molar-refractivity contribution < 1.29 is 29.9 Å². The molecule has 0 aliphatic carbocycles. The fraction of sp³-hybridized carbons (Fsp3) is 0.526. The molecular weight excluding hydrogens is 384 g/mol. The van der Waals surface area contributed by atoms with Crippen LogP contribution in [0.5, 0.6) is 0 Å². The van der Waals surface area contributed by atoms with Gasteiger partial charge in [0.05, 0.1) is 23.9 Å². The SMILES string of the molecule is CNc1cccc(-c2csc(CCCOC3OC(CO)C(O)C(O)C3O)n2)c1. The predicted molar refractivity (Wildman–Crippen MR) is 105 cm³/mol. The number of nitrogens with zero attached hydrogens (tertiary/aromatic N) is 1. The highest BCUT2D eigenvalue weighted by Crippen LogP contribution is 2.25. The smallest absolute Gasteiger partial charge is 0.186 e. The Balaban J connectivity index is 1.48. The maximum absolute atomic E-state index is 9.95. The standard InChI is InChI=1S/C19H26N2O6S/c1-20-12-5-2-4-11(8-12)13-10-28-15(21-13)6-3-7-26-19-18(25)17(24)16(23)14(9-22)27-19/h2,4-5,8,10,14,16-20,22-25H,3,6-7,9H2,1H3. The quantitative estimate of drug-likeness (QED) is 0.401. The van der Waals surface area contributed by atoms with Crippen LogP contribution in [-0.4, -0.2) is 76.4 Å². The highest BCUT2D eigenvalue weighted by atomic mass is 32.1. The Morgan fingerprint density at radius 2 is 2.04 bits per heavy atom. The van der Waals surface area contributed by atoms with Crippen LogP contribution in [0.2, 0.25) is 0 Å². The van der Waals surface area contributed by atoms with E-state index in [1.54, 1.807) is 11.3 Å². The average molecular weight is 410 g/mol. The third-order valence-electron chi connectivity index (χ3n) is 4.66. The van der Waals surface area contributed by atoms with Crippen LogP contribution >= 0.6 is 11.3 Å². The van der Waals surface area contributed by atoms with Gasteiger partial charge in [0, 0.05) is 30.1 Å². The summed E-state index contributed by atoms with van der Waals surface area (Å²) >= 11 is 1.58. The van der Waals surface area contributed by atoms with E-state index in [1.807, 2.05) is 36.7 Å². The van der Waals surface area contributed by atoms with E-state index >= 15 is 0 Å². The fourth-order valence-electron chi connectivity index (χ4n) is 3.02. The van der Waals surface area contributed by atoms with E-state index in [2.05, 4.69) is 10.3 Å². The molecular formula is C19H26N2O6S. The van der Waals surface area contributed by atoms with Gasteiger partial charge in [-0.15, -0.1) is 11.3 Å². The van der Waals surface area contributed by atoms with E-state index in [-0.39, 0.29) is 6.61 Å². The van der Waals surface area contributed by atoms with E-state index in [1.165, 1.54) is 0 Å². The van der Waals surface area contributed by atoms with Crippen LogP contribution in [0.3, 0.4) is 0 Å². The van der Waals surface area contributed by atoms with Crippen molar-refractivity contribution in [2.75, 3.05) is 25.6 Å². The molecule has 0 spiro atoms. The van der Waals surface area contributed by atoms with Gasteiger partial charge in [0.25, 0.3) is 0 Å². The summed E-state index contributed by atoms with van der Waals surface area (Å²) in [7, 11) is 1.88. The number of hydrogen-bond acceptors (Lipinski definition) is 9. The number of thiazole rings is 1. The lowest BCUT2D eigenvalue weighted by Crippen LogP contribution is -2.59. The largest absolute Gasteiger partial charge is 0.394 e. The number of aliphatic hydroxyl groups excluding tert-OH is 4. The van der Waals surface area contributed by atoms with Crippen molar-refractivity contribution in [3.63, 3.8) is 0 Å². The van der Waals surface area contributed by atoms with Crippen LogP contribution in [0.1, 0.15) is 11.4 Å². The lowest BCUT2D eigenvalue weighted by atomic mass is 9.99. The van der Waals surface area contributed by atoms with Crippen molar-refractivity contribution in [1.29, 1.82) is 0 Å². The summed E-state index contributed by atoms with van der Waals surface area (Å²) in [6.07, 6.45) is -4.87. The van der Waals surface area contributed by atoms with Gasteiger partial charge in [0.1, 0.15) is 24.4 Å². The molecule has 1 aliphatic rings. The normalized spacial score (nSPS) is 27.7. The van der Waals surface area contributed by atoms with Crippen LogP contribution in [0.25, 0.3) is 11.3 Å². The first-order valence-corrected chi connectivity index (χ1v) is 10.1. The molecule has 0 radical (unpaired) electrons. The predicted octanol–water partition coefficient (Wildman–Crippen LogP) is 0.601. The van der Waals surface area contributed by atoms with Crippen LogP contribution in [0.15, 0.2) is 29.6 Å². The van der Waals surface area contributed by atoms with Crippen molar-refractivity contribution in [2.45, 2.75) is 43.5 Å². The number of nitrogens with one attached hydrogen (secondary N) is 1. The van der Waals surface area contributed by atoms with Crippen LogP contribution < -0.4 is 5.32 Å². The maximum Gasteiger partial charge on any atom is 0.186 e. The number of anilines is 1. The van der Waals surface area contributed by atoms with Crippen LogP contribution in [0, 0.1) is 0 Å². The summed E-state index contributed by atoms with van der Waals surface area (Å²) in [4.78, 5) is 4.65. The van der Waals surface area contributed by atoms with Gasteiger partial charge >= 0.3 is 0 Å². The number of aryl methyl sites for hydroxylation is 1. The molecule has 1 aliphatic heterocycles. The van der Waals surface area contributed by atoms with Crippen molar-refractivity contribution in [3.05, 3.63) is 34.7 Å². The topological polar surface area (TPSA) is 124 Å². The van der Waals surface area contributed by atoms with Gasteiger partial charge in [-0.2, -0.15) is 0 Å². The highest BCUT2D eigenvalue weighted by Gasteiger charge is 2.43. The number of aromatic nitrogens is 1. The third kappa shape index (κ3) is 4.87. The van der Waals surface area contributed by atoms with E-state index < -0.39 is 37.3 Å². The first-order chi connectivity index (χ1) is 13.5. The van der Waals surface area contributed by atoms with Crippen molar-refractivity contribution in [3.8, 4) is 11.3 Å². The summed E-state index contributed by atoms with van der Waals surface area (Å²) in [5, 5.41) is 44.8. The minimum Gasteiger partial charge on any atom is -0.394 e. The summed E-state index contributed by atoms with van der Waals surface area (Å²) in [5.41, 5.74) is 3.00. The molecule has 28 heavy (non-hydrogen) atoms. The van der Waals surface area contributed by atoms with Crippen LogP contribution in [0.4, 0.5) is 5.69 Å². The van der Waals surface area contributed by atoms with Gasteiger partial charge in [-0.3, -0.25) is 0 Å². The van der Waals surface area contributed by atoms with E-state index in [0.29, 0.717) is 12.8 Å². The fourth-order valence-corrected chi connectivity index (χ4v) is 3.87. The first kappa shape index (κ1) is 21.1. The maximum atomic E-state index is 9.95. The molecule has 8 nitrogen and oxygen atoms in total. The molecule has 1 saturated heterocycles. The Hall–Kier alpha value is -1.59. The Kier molecular flexibility index (Phi) is 7.36. The zero-order chi connectivity index (χ0) is 20.1. The van der Waals surface area contributed by atoms with Crippen molar-refractivity contribution in [1.82, 2.24) is 4.98 Å². The molecule has 1 fully saturated rings. The Labute approximate surface area is 167 Å². The van der Waals surface area contributed by atoms with E-state index in [4.69, 9.17) is 9.47 Å². The number of benzene rings is 1. The highest BCUT2D eigenvalue weighted by molar-refractivity contribution is 7.09. The Morgan fingerprint density at radius 3 is 2.79 bits per heavy atom. The second kappa shape index (κ2) is 9.75. The number of aliphatic hydroxyl groups is 4. The summed E-state index contributed by atoms with van der Waals surface area (Å²) in [6, 6.07) is 8.03. The molecule has 5 atom stereocenters. The van der Waals surface area contributed by atoms with Crippen molar-refractivity contribution in [2.24, 2.45) is 0 Å². The molecule has 0 bridgehead atoms. The van der Waals surface area contributed by atoms with E-state index in [0.717, 1.165) is 22.0 Å². The lowest BCUT2D eigenvalue weighted by molar-refractivity contribution is -0.301.